The van der Waals surface area contributed by atoms with Crippen LogP contribution in [0.5, 0.6) is 0 Å². The van der Waals surface area contributed by atoms with E-state index in [9.17, 15) is 28.7 Å². The maximum Gasteiger partial charge on any atom is 0.409 e. The lowest BCUT2D eigenvalue weighted by Gasteiger charge is -2.36. The third kappa shape index (κ3) is 9.26. The molecule has 1 saturated heterocycles. The number of aromatic nitrogens is 2. The van der Waals surface area contributed by atoms with Gasteiger partial charge in [0.2, 0.25) is 5.91 Å². The van der Waals surface area contributed by atoms with Gasteiger partial charge >= 0.3 is 13.7 Å². The maximum absolute atomic E-state index is 13.3. The predicted molar refractivity (Wildman–Crippen MR) is 146 cm³/mol. The summed E-state index contributed by atoms with van der Waals surface area (Å²) >= 11 is 0. The number of amides is 3. The normalized spacial score (nSPS) is 14.4. The van der Waals surface area contributed by atoms with Crippen LogP contribution in [0.3, 0.4) is 0 Å². The first-order valence-corrected chi connectivity index (χ1v) is 14.8. The molecule has 0 spiro atoms. The molecule has 1 fully saturated rings. The number of hydrogen-bond donors (Lipinski definition) is 5. The van der Waals surface area contributed by atoms with E-state index >= 15 is 0 Å². The number of carbonyl (C=O) groups excluding carboxylic acids is 3. The molecule has 218 valence electrons. The van der Waals surface area contributed by atoms with Crippen molar-refractivity contribution in [2.45, 2.75) is 25.8 Å². The topological polar surface area (TPSA) is 195 Å². The van der Waals surface area contributed by atoms with Crippen molar-refractivity contribution in [3.8, 4) is 11.4 Å². The molecule has 1 aromatic heterocycles. The van der Waals surface area contributed by atoms with Crippen LogP contribution in [-0.4, -0.2) is 111 Å². The van der Waals surface area contributed by atoms with E-state index in [4.69, 9.17) is 9.84 Å². The summed E-state index contributed by atoms with van der Waals surface area (Å²) in [5, 5.41) is 14.5. The van der Waals surface area contributed by atoms with E-state index in [1.165, 1.54) is 15.9 Å². The zero-order valence-corrected chi connectivity index (χ0v) is 23.1. The molecule has 0 bridgehead atoms. The summed E-state index contributed by atoms with van der Waals surface area (Å²) in [6.45, 7) is 2.83. The van der Waals surface area contributed by atoms with Crippen LogP contribution in [-0.2, 0) is 14.1 Å². The number of piperazine rings is 1. The van der Waals surface area contributed by atoms with Gasteiger partial charge in [0, 0.05) is 44.4 Å². The molecule has 0 aliphatic carbocycles. The Labute approximate surface area is 231 Å². The van der Waals surface area contributed by atoms with E-state index < -0.39 is 37.7 Å². The number of aliphatic hydroxyl groups is 1. The lowest BCUT2D eigenvalue weighted by atomic mass is 10.2. The number of hydrogen-bond acceptors (Lipinski definition) is 9. The predicted octanol–water partition coefficient (Wildman–Crippen LogP) is 0.905. The molecule has 3 amide bonds. The zero-order valence-electron chi connectivity index (χ0n) is 22.2. The Morgan fingerprint density at radius 3 is 2.38 bits per heavy atom. The summed E-state index contributed by atoms with van der Waals surface area (Å²) in [5.74, 6) is -1.08. The second-order valence-electron chi connectivity index (χ2n) is 9.13. The molecule has 0 unspecified atom stereocenters. The Bertz CT molecular complexity index is 1200. The van der Waals surface area contributed by atoms with Gasteiger partial charge in [-0.3, -0.25) is 14.2 Å². The van der Waals surface area contributed by atoms with Crippen molar-refractivity contribution in [3.05, 3.63) is 42.1 Å². The number of rotatable bonds is 12. The zero-order chi connectivity index (χ0) is 29.1. The van der Waals surface area contributed by atoms with Crippen LogP contribution in [0.1, 0.15) is 30.3 Å². The quantitative estimate of drug-likeness (QED) is 0.177. The highest BCUT2D eigenvalue weighted by Gasteiger charge is 2.35. The number of benzene rings is 1. The summed E-state index contributed by atoms with van der Waals surface area (Å²) in [7, 11) is -4.72. The number of nitrogens with one attached hydrogen (secondary N) is 2. The van der Waals surface area contributed by atoms with Crippen LogP contribution in [0, 0.1) is 0 Å². The van der Waals surface area contributed by atoms with Crippen LogP contribution < -0.4 is 10.6 Å². The summed E-state index contributed by atoms with van der Waals surface area (Å²) in [5.41, 5.74) is 0.468. The lowest BCUT2D eigenvalue weighted by Crippen LogP contribution is -2.56. The third-order valence-electron chi connectivity index (χ3n) is 6.01. The number of nitrogens with zero attached hydrogens (tertiary/aromatic N) is 4. The van der Waals surface area contributed by atoms with Gasteiger partial charge in [-0.15, -0.1) is 0 Å². The molecule has 0 radical (unpaired) electrons. The van der Waals surface area contributed by atoms with E-state index in [1.54, 1.807) is 30.3 Å². The van der Waals surface area contributed by atoms with E-state index in [1.807, 2.05) is 6.92 Å². The van der Waals surface area contributed by atoms with E-state index in [2.05, 4.69) is 20.6 Å². The first kappa shape index (κ1) is 31.0. The Hall–Kier alpha value is -3.58. The Morgan fingerprint density at radius 1 is 1.07 bits per heavy atom. The second kappa shape index (κ2) is 14.7. The molecule has 1 aromatic carbocycles. The van der Waals surface area contributed by atoms with Gasteiger partial charge in [-0.05, 0) is 6.42 Å². The third-order valence-corrected chi connectivity index (χ3v) is 6.85. The monoisotopic (exact) mass is 578 g/mol. The highest BCUT2D eigenvalue weighted by Crippen LogP contribution is 2.35. The first-order valence-electron chi connectivity index (χ1n) is 13.0. The summed E-state index contributed by atoms with van der Waals surface area (Å²) < 4.78 is 17.1. The lowest BCUT2D eigenvalue weighted by molar-refractivity contribution is -0.134. The maximum atomic E-state index is 13.3. The molecule has 0 saturated carbocycles. The molecule has 15 heteroatoms. The molecule has 1 aliphatic rings. The fourth-order valence-electron chi connectivity index (χ4n) is 3.93. The van der Waals surface area contributed by atoms with Gasteiger partial charge in [0.1, 0.15) is 17.6 Å². The molecule has 1 atom stereocenters. The van der Waals surface area contributed by atoms with Crippen LogP contribution in [0.2, 0.25) is 0 Å². The molecule has 3 rings (SSSR count). The number of unbranched alkanes of at least 4 members (excludes halogenated alkanes) is 1. The van der Waals surface area contributed by atoms with Gasteiger partial charge in [0.05, 0.1) is 19.4 Å². The van der Waals surface area contributed by atoms with Crippen molar-refractivity contribution in [2.24, 2.45) is 0 Å². The fraction of sp³-hybridized carbons (Fsp3) is 0.480. The molecule has 40 heavy (non-hydrogen) atoms. The minimum atomic E-state index is -4.72. The van der Waals surface area contributed by atoms with Crippen molar-refractivity contribution >= 4 is 31.3 Å². The van der Waals surface area contributed by atoms with Crippen LogP contribution in [0.25, 0.3) is 11.4 Å². The van der Waals surface area contributed by atoms with Gasteiger partial charge in [-0.25, -0.2) is 14.8 Å². The summed E-state index contributed by atoms with van der Waals surface area (Å²) in [6.07, 6.45) is 0.227. The summed E-state index contributed by atoms with van der Waals surface area (Å²) in [6, 6.07) is 8.61. The van der Waals surface area contributed by atoms with Crippen molar-refractivity contribution in [3.63, 3.8) is 0 Å². The van der Waals surface area contributed by atoms with Crippen LogP contribution in [0.4, 0.5) is 10.6 Å². The van der Waals surface area contributed by atoms with Gasteiger partial charge in [-0.1, -0.05) is 43.7 Å². The van der Waals surface area contributed by atoms with Gasteiger partial charge < -0.3 is 40.1 Å². The number of aliphatic hydroxyl groups excluding tert-OH is 1. The first-order chi connectivity index (χ1) is 19.1. The Morgan fingerprint density at radius 2 is 1.75 bits per heavy atom. The minimum absolute atomic E-state index is 0.107. The second-order valence-corrected chi connectivity index (χ2v) is 10.8. The van der Waals surface area contributed by atoms with Crippen molar-refractivity contribution in [2.75, 3.05) is 57.4 Å². The Kier molecular flexibility index (Phi) is 11.4. The summed E-state index contributed by atoms with van der Waals surface area (Å²) in [4.78, 5) is 69.4. The van der Waals surface area contributed by atoms with Crippen LogP contribution in [0.15, 0.2) is 36.4 Å². The number of anilines is 1. The van der Waals surface area contributed by atoms with Crippen molar-refractivity contribution in [1.82, 2.24) is 25.1 Å². The van der Waals surface area contributed by atoms with Crippen molar-refractivity contribution in [1.29, 1.82) is 0 Å². The van der Waals surface area contributed by atoms with Crippen LogP contribution >= 0.6 is 7.60 Å². The van der Waals surface area contributed by atoms with Crippen molar-refractivity contribution < 1.29 is 38.6 Å². The van der Waals surface area contributed by atoms with E-state index in [-0.39, 0.29) is 56.7 Å². The Balaban J connectivity index is 1.76. The standard InChI is InChI=1S/C25H35N6O8P/c1-2-3-15-39-25(35)31-12-10-30(11-13-31)24(34)20(17-40(36,37)38)28-23(33)19-16-21(26-9-14-32)29-22(27-19)18-7-5-4-6-8-18/h4-8,16,20,32H,2-3,9-15,17H2,1H3,(H,28,33)(H,26,27,29)(H2,36,37,38)/t20-/m0/s1. The minimum Gasteiger partial charge on any atom is -0.449 e. The molecular formula is C25H35N6O8P. The molecule has 5 N–H and O–H groups in total. The molecule has 14 nitrogen and oxygen atoms in total. The molecule has 2 aromatic rings. The number of carbonyl (C=O) groups is 3. The molecule has 1 aliphatic heterocycles. The van der Waals surface area contributed by atoms with Gasteiger partial charge in [0.15, 0.2) is 5.82 Å². The smallest absolute Gasteiger partial charge is 0.409 e. The highest BCUT2D eigenvalue weighted by molar-refractivity contribution is 7.51. The number of ether oxygens (including phenoxy) is 1. The van der Waals surface area contributed by atoms with E-state index in [0.29, 0.717) is 12.2 Å². The molecule has 2 heterocycles. The van der Waals surface area contributed by atoms with Gasteiger partial charge in [-0.2, -0.15) is 0 Å². The SMILES string of the molecule is CCCCOC(=O)N1CCN(C(=O)[C@H](CP(=O)(O)O)NC(=O)c2cc(NCCO)nc(-c3ccccc3)n2)CC1. The average Bonchev–Trinajstić information content (AvgIpc) is 2.95. The van der Waals surface area contributed by atoms with E-state index in [0.717, 1.165) is 12.8 Å². The largest absolute Gasteiger partial charge is 0.449 e. The highest BCUT2D eigenvalue weighted by atomic mass is 31.2. The average molecular weight is 579 g/mol. The van der Waals surface area contributed by atoms with Gasteiger partial charge in [0.25, 0.3) is 5.91 Å². The molecular weight excluding hydrogens is 543 g/mol. The fourth-order valence-corrected chi connectivity index (χ4v) is 4.66.